The summed E-state index contributed by atoms with van der Waals surface area (Å²) in [5.41, 5.74) is 8.02. The van der Waals surface area contributed by atoms with Gasteiger partial charge >= 0.3 is 0 Å². The molecule has 1 saturated heterocycles. The lowest BCUT2D eigenvalue weighted by Gasteiger charge is -2.28. The van der Waals surface area contributed by atoms with Crippen molar-refractivity contribution in [2.45, 2.75) is 52.0 Å². The van der Waals surface area contributed by atoms with Crippen molar-refractivity contribution in [3.63, 3.8) is 0 Å². The summed E-state index contributed by atoms with van der Waals surface area (Å²) < 4.78 is 7.86. The van der Waals surface area contributed by atoms with E-state index in [1.54, 1.807) is 0 Å². The van der Waals surface area contributed by atoms with Gasteiger partial charge in [-0.3, -0.25) is 0 Å². The number of aromatic nitrogens is 1. The highest BCUT2D eigenvalue weighted by molar-refractivity contribution is 5.84. The van der Waals surface area contributed by atoms with Gasteiger partial charge < -0.3 is 20.1 Å². The molecule has 2 heterocycles. The fourth-order valence-electron chi connectivity index (χ4n) is 2.63. The molecule has 0 amide bonds. The molecule has 21 heavy (non-hydrogen) atoms. The Labute approximate surface area is 126 Å². The Balaban J connectivity index is 0.000000497. The molecule has 3 N–H and O–H groups in total. The molecule has 4 nitrogen and oxygen atoms in total. The van der Waals surface area contributed by atoms with Crippen LogP contribution < -0.4 is 5.73 Å². The van der Waals surface area contributed by atoms with Crippen LogP contribution in [-0.4, -0.2) is 22.4 Å². The van der Waals surface area contributed by atoms with Gasteiger partial charge in [0.1, 0.15) is 6.23 Å². The molecule has 4 heteroatoms. The Morgan fingerprint density at radius 2 is 2.05 bits per heavy atom. The molecule has 1 aliphatic rings. The summed E-state index contributed by atoms with van der Waals surface area (Å²) in [6.45, 7) is 5.37. The minimum Gasteiger partial charge on any atom is -0.393 e. The van der Waals surface area contributed by atoms with E-state index in [0.717, 1.165) is 17.5 Å². The molecule has 2 unspecified atom stereocenters. The standard InChI is InChI=1S/C14H18N2O2.C3H8/c15-8-10-9-16(13-4-2-1-3-12(10)13)14-7-11(17)5-6-18-14;1-3-2/h1-4,9,11,14,17H,5-8,15H2;3H2,1-2H3. The molecule has 1 aromatic carbocycles. The van der Waals surface area contributed by atoms with Crippen molar-refractivity contribution in [3.8, 4) is 0 Å². The summed E-state index contributed by atoms with van der Waals surface area (Å²) in [7, 11) is 0. The molecule has 0 bridgehead atoms. The first-order valence-corrected chi connectivity index (χ1v) is 7.79. The number of ether oxygens (including phenoxy) is 1. The maximum Gasteiger partial charge on any atom is 0.136 e. The summed E-state index contributed by atoms with van der Waals surface area (Å²) in [5.74, 6) is 0. The SMILES string of the molecule is CCC.NCc1cn(C2CC(O)CCO2)c2ccccc12. The normalized spacial score (nSPS) is 21.9. The van der Waals surface area contributed by atoms with Gasteiger partial charge in [0.2, 0.25) is 0 Å². The van der Waals surface area contributed by atoms with Crippen LogP contribution in [0.2, 0.25) is 0 Å². The van der Waals surface area contributed by atoms with Crippen LogP contribution >= 0.6 is 0 Å². The lowest BCUT2D eigenvalue weighted by Crippen LogP contribution is -2.26. The third kappa shape index (κ3) is 3.64. The van der Waals surface area contributed by atoms with Crippen molar-refractivity contribution in [2.75, 3.05) is 6.61 Å². The molecule has 0 aliphatic carbocycles. The fourth-order valence-corrected chi connectivity index (χ4v) is 2.63. The molecule has 2 aromatic rings. The Morgan fingerprint density at radius 1 is 1.33 bits per heavy atom. The smallest absolute Gasteiger partial charge is 0.136 e. The molecule has 0 saturated carbocycles. The predicted molar refractivity (Wildman–Crippen MR) is 86.0 cm³/mol. The second-order valence-corrected chi connectivity index (χ2v) is 5.49. The number of nitrogens with two attached hydrogens (primary N) is 1. The number of aliphatic hydroxyl groups excluding tert-OH is 1. The summed E-state index contributed by atoms with van der Waals surface area (Å²) in [4.78, 5) is 0. The first-order valence-electron chi connectivity index (χ1n) is 7.79. The van der Waals surface area contributed by atoms with Crippen LogP contribution in [0.3, 0.4) is 0 Å². The highest BCUT2D eigenvalue weighted by Crippen LogP contribution is 2.30. The molecule has 1 aromatic heterocycles. The minimum absolute atomic E-state index is 0.0843. The summed E-state index contributed by atoms with van der Waals surface area (Å²) >= 11 is 0. The van der Waals surface area contributed by atoms with Crippen LogP contribution in [0.1, 0.15) is 44.9 Å². The highest BCUT2D eigenvalue weighted by Gasteiger charge is 2.23. The van der Waals surface area contributed by atoms with Crippen molar-refractivity contribution < 1.29 is 9.84 Å². The number of rotatable bonds is 2. The van der Waals surface area contributed by atoms with Crippen molar-refractivity contribution in [2.24, 2.45) is 5.73 Å². The molecule has 2 atom stereocenters. The average molecular weight is 290 g/mol. The lowest BCUT2D eigenvalue weighted by molar-refractivity contribution is -0.0780. The van der Waals surface area contributed by atoms with E-state index in [0.29, 0.717) is 19.6 Å². The van der Waals surface area contributed by atoms with Gasteiger partial charge in [0.05, 0.1) is 18.2 Å². The first-order chi connectivity index (χ1) is 10.2. The zero-order chi connectivity index (χ0) is 15.2. The Morgan fingerprint density at radius 3 is 2.71 bits per heavy atom. The molecule has 0 radical (unpaired) electrons. The Kier molecular flexibility index (Phi) is 5.79. The third-order valence-electron chi connectivity index (χ3n) is 3.59. The predicted octanol–water partition coefficient (Wildman–Crippen LogP) is 3.19. The van der Waals surface area contributed by atoms with Gasteiger partial charge in [-0.15, -0.1) is 0 Å². The van der Waals surface area contributed by atoms with Gasteiger partial charge in [-0.05, 0) is 18.1 Å². The van der Waals surface area contributed by atoms with Gasteiger partial charge in [0.15, 0.2) is 0 Å². The number of fused-ring (bicyclic) bond motifs is 1. The summed E-state index contributed by atoms with van der Waals surface area (Å²) in [5, 5.41) is 10.9. The first kappa shape index (κ1) is 16.0. The second kappa shape index (κ2) is 7.59. The molecular formula is C17H26N2O2. The summed E-state index contributed by atoms with van der Waals surface area (Å²) in [6.07, 6.45) is 4.31. The summed E-state index contributed by atoms with van der Waals surface area (Å²) in [6, 6.07) is 8.17. The molecule has 116 valence electrons. The Bertz CT molecular complexity index is 565. The van der Waals surface area contributed by atoms with Crippen molar-refractivity contribution >= 4 is 10.9 Å². The molecule has 3 rings (SSSR count). The van der Waals surface area contributed by atoms with Gasteiger partial charge in [-0.1, -0.05) is 38.5 Å². The zero-order valence-corrected chi connectivity index (χ0v) is 13.0. The van der Waals surface area contributed by atoms with Crippen molar-refractivity contribution in [1.29, 1.82) is 0 Å². The number of para-hydroxylation sites is 1. The maximum absolute atomic E-state index is 9.76. The third-order valence-corrected chi connectivity index (χ3v) is 3.59. The van der Waals surface area contributed by atoms with Crippen molar-refractivity contribution in [1.82, 2.24) is 4.57 Å². The van der Waals surface area contributed by atoms with Gasteiger partial charge in [0.25, 0.3) is 0 Å². The van der Waals surface area contributed by atoms with E-state index in [4.69, 9.17) is 10.5 Å². The zero-order valence-electron chi connectivity index (χ0n) is 13.0. The van der Waals surface area contributed by atoms with E-state index < -0.39 is 0 Å². The topological polar surface area (TPSA) is 60.4 Å². The van der Waals surface area contributed by atoms with E-state index in [2.05, 4.69) is 30.5 Å². The van der Waals surface area contributed by atoms with Crippen LogP contribution in [0.15, 0.2) is 30.5 Å². The quantitative estimate of drug-likeness (QED) is 0.893. The molecule has 0 spiro atoms. The van der Waals surface area contributed by atoms with Crippen LogP contribution in [0.5, 0.6) is 0 Å². The number of nitrogens with zero attached hydrogens (tertiary/aromatic N) is 1. The monoisotopic (exact) mass is 290 g/mol. The van der Waals surface area contributed by atoms with Gasteiger partial charge in [-0.2, -0.15) is 0 Å². The van der Waals surface area contributed by atoms with E-state index >= 15 is 0 Å². The number of aliphatic hydroxyl groups is 1. The Hall–Kier alpha value is -1.36. The molecule has 1 fully saturated rings. The highest BCUT2D eigenvalue weighted by atomic mass is 16.5. The fraction of sp³-hybridized carbons (Fsp3) is 0.529. The van der Waals surface area contributed by atoms with Crippen LogP contribution in [-0.2, 0) is 11.3 Å². The maximum atomic E-state index is 9.76. The number of hydrogen-bond donors (Lipinski definition) is 2. The van der Waals surface area contributed by atoms with E-state index in [1.165, 1.54) is 11.8 Å². The number of benzene rings is 1. The number of hydrogen-bond acceptors (Lipinski definition) is 3. The average Bonchev–Trinajstić information content (AvgIpc) is 2.87. The minimum atomic E-state index is -0.272. The van der Waals surface area contributed by atoms with Gasteiger partial charge in [0, 0.05) is 24.5 Å². The lowest BCUT2D eigenvalue weighted by atomic mass is 10.1. The largest absolute Gasteiger partial charge is 0.393 e. The molecular weight excluding hydrogens is 264 g/mol. The second-order valence-electron chi connectivity index (χ2n) is 5.49. The van der Waals surface area contributed by atoms with Crippen molar-refractivity contribution in [3.05, 3.63) is 36.0 Å². The van der Waals surface area contributed by atoms with Crippen LogP contribution in [0.25, 0.3) is 10.9 Å². The van der Waals surface area contributed by atoms with Gasteiger partial charge in [-0.25, -0.2) is 0 Å². The van der Waals surface area contributed by atoms with E-state index in [1.807, 2.05) is 18.3 Å². The molecule has 1 aliphatic heterocycles. The van der Waals surface area contributed by atoms with E-state index in [-0.39, 0.29) is 12.3 Å². The van der Waals surface area contributed by atoms with Crippen LogP contribution in [0, 0.1) is 0 Å². The van der Waals surface area contributed by atoms with E-state index in [9.17, 15) is 5.11 Å². The van der Waals surface area contributed by atoms with Crippen LogP contribution in [0.4, 0.5) is 0 Å².